The Kier molecular flexibility index (Phi) is 5.26. The molecule has 7 nitrogen and oxygen atoms in total. The van der Waals surface area contributed by atoms with Gasteiger partial charge in [0.1, 0.15) is 17.6 Å². The number of nitrogens with zero attached hydrogens (tertiary/aromatic N) is 1. The highest BCUT2D eigenvalue weighted by molar-refractivity contribution is 5.94. The second-order valence-corrected chi connectivity index (χ2v) is 5.76. The quantitative estimate of drug-likeness (QED) is 0.860. The first-order chi connectivity index (χ1) is 12.6. The molecule has 0 bridgehead atoms. The van der Waals surface area contributed by atoms with Gasteiger partial charge in [0.2, 0.25) is 0 Å². The summed E-state index contributed by atoms with van der Waals surface area (Å²) in [6.07, 6.45) is -0.852. The van der Waals surface area contributed by atoms with Crippen molar-refractivity contribution in [2.45, 2.75) is 6.10 Å². The van der Waals surface area contributed by atoms with E-state index in [-0.39, 0.29) is 12.5 Å². The average Bonchev–Trinajstić information content (AvgIpc) is 3.06. The van der Waals surface area contributed by atoms with Crippen molar-refractivity contribution in [2.24, 2.45) is 0 Å². The molecule has 1 aliphatic rings. The van der Waals surface area contributed by atoms with E-state index in [2.05, 4.69) is 5.32 Å². The molecule has 2 aromatic rings. The molecule has 1 atom stereocenters. The SMILES string of the molecule is COc1ccc(N2CC(CNC(=O)c3cccc(OC)c3)OC2=O)cc1. The smallest absolute Gasteiger partial charge is 0.414 e. The van der Waals surface area contributed by atoms with Gasteiger partial charge >= 0.3 is 6.09 Å². The van der Waals surface area contributed by atoms with Gasteiger partial charge in [-0.15, -0.1) is 0 Å². The zero-order chi connectivity index (χ0) is 18.5. The van der Waals surface area contributed by atoms with Crippen LogP contribution in [0.3, 0.4) is 0 Å². The molecule has 0 radical (unpaired) electrons. The molecule has 0 spiro atoms. The topological polar surface area (TPSA) is 77.1 Å². The average molecular weight is 356 g/mol. The Morgan fingerprint density at radius 3 is 2.58 bits per heavy atom. The number of rotatable bonds is 6. The number of amides is 2. The summed E-state index contributed by atoms with van der Waals surface area (Å²) >= 11 is 0. The molecule has 1 heterocycles. The molecular weight excluding hydrogens is 336 g/mol. The Labute approximate surface area is 151 Å². The van der Waals surface area contributed by atoms with E-state index in [1.54, 1.807) is 62.8 Å². The number of hydrogen-bond donors (Lipinski definition) is 1. The van der Waals surface area contributed by atoms with Gasteiger partial charge in [-0.25, -0.2) is 4.79 Å². The fourth-order valence-electron chi connectivity index (χ4n) is 2.67. The lowest BCUT2D eigenvalue weighted by molar-refractivity contribution is 0.0916. The van der Waals surface area contributed by atoms with Gasteiger partial charge in [-0.3, -0.25) is 9.69 Å². The summed E-state index contributed by atoms with van der Waals surface area (Å²) < 4.78 is 15.6. The molecule has 2 amide bonds. The van der Waals surface area contributed by atoms with Gasteiger partial charge in [0, 0.05) is 11.3 Å². The second kappa shape index (κ2) is 7.77. The van der Waals surface area contributed by atoms with Crippen molar-refractivity contribution in [1.29, 1.82) is 0 Å². The standard InChI is InChI=1S/C19H20N2O5/c1-24-15-8-6-14(7-9-15)21-12-17(26-19(21)23)11-20-18(22)13-4-3-5-16(10-13)25-2/h3-10,17H,11-12H2,1-2H3,(H,20,22). The third-order valence-electron chi connectivity index (χ3n) is 4.08. The molecule has 3 rings (SSSR count). The molecule has 7 heteroatoms. The van der Waals surface area contributed by atoms with Gasteiger partial charge in [-0.05, 0) is 42.5 Å². The van der Waals surface area contributed by atoms with E-state index in [0.717, 1.165) is 5.69 Å². The van der Waals surface area contributed by atoms with E-state index in [9.17, 15) is 9.59 Å². The van der Waals surface area contributed by atoms with Gasteiger partial charge in [-0.1, -0.05) is 6.07 Å². The zero-order valence-electron chi connectivity index (χ0n) is 14.6. The maximum Gasteiger partial charge on any atom is 0.414 e. The lowest BCUT2D eigenvalue weighted by atomic mass is 10.2. The highest BCUT2D eigenvalue weighted by Crippen LogP contribution is 2.24. The molecule has 0 saturated carbocycles. The molecular formula is C19H20N2O5. The van der Waals surface area contributed by atoms with Crippen LogP contribution in [-0.2, 0) is 4.74 Å². The van der Waals surface area contributed by atoms with Gasteiger partial charge < -0.3 is 19.5 Å². The fraction of sp³-hybridized carbons (Fsp3) is 0.263. The van der Waals surface area contributed by atoms with Crippen LogP contribution in [0.1, 0.15) is 10.4 Å². The fourth-order valence-corrected chi connectivity index (χ4v) is 2.67. The third kappa shape index (κ3) is 3.88. The molecule has 1 fully saturated rings. The summed E-state index contributed by atoms with van der Waals surface area (Å²) in [5.41, 5.74) is 1.21. The van der Waals surface area contributed by atoms with E-state index in [4.69, 9.17) is 14.2 Å². The number of ether oxygens (including phenoxy) is 3. The first kappa shape index (κ1) is 17.6. The molecule has 2 aromatic carbocycles. The maximum absolute atomic E-state index is 12.2. The number of methoxy groups -OCH3 is 2. The lowest BCUT2D eigenvalue weighted by Crippen LogP contribution is -2.34. The van der Waals surface area contributed by atoms with Crippen LogP contribution in [0, 0.1) is 0 Å². The Bertz CT molecular complexity index is 791. The normalized spacial score (nSPS) is 16.2. The molecule has 0 aliphatic carbocycles. The van der Waals surface area contributed by atoms with Crippen LogP contribution in [-0.4, -0.2) is 45.4 Å². The van der Waals surface area contributed by atoms with Gasteiger partial charge in [0.25, 0.3) is 5.91 Å². The van der Waals surface area contributed by atoms with Crippen LogP contribution in [0.2, 0.25) is 0 Å². The van der Waals surface area contributed by atoms with E-state index < -0.39 is 12.2 Å². The van der Waals surface area contributed by atoms with Crippen LogP contribution in [0.25, 0.3) is 0 Å². The Morgan fingerprint density at radius 1 is 1.15 bits per heavy atom. The second-order valence-electron chi connectivity index (χ2n) is 5.76. The van der Waals surface area contributed by atoms with Crippen molar-refractivity contribution in [1.82, 2.24) is 5.32 Å². The van der Waals surface area contributed by atoms with Crippen LogP contribution in [0.15, 0.2) is 48.5 Å². The molecule has 1 unspecified atom stereocenters. The Hall–Kier alpha value is -3.22. The first-order valence-corrected chi connectivity index (χ1v) is 8.15. The number of carbonyl (C=O) groups is 2. The summed E-state index contributed by atoms with van der Waals surface area (Å²) in [4.78, 5) is 25.8. The molecule has 1 N–H and O–H groups in total. The highest BCUT2D eigenvalue weighted by Gasteiger charge is 2.32. The van der Waals surface area contributed by atoms with Crippen molar-refractivity contribution in [3.8, 4) is 11.5 Å². The van der Waals surface area contributed by atoms with E-state index >= 15 is 0 Å². The number of hydrogen-bond acceptors (Lipinski definition) is 5. The summed E-state index contributed by atoms with van der Waals surface area (Å²) in [5.74, 6) is 1.07. The molecule has 1 aliphatic heterocycles. The summed E-state index contributed by atoms with van der Waals surface area (Å²) in [5, 5.41) is 2.78. The number of cyclic esters (lactones) is 1. The number of anilines is 1. The van der Waals surface area contributed by atoms with E-state index in [1.165, 1.54) is 4.90 Å². The summed E-state index contributed by atoms with van der Waals surface area (Å²) in [7, 11) is 3.13. The van der Waals surface area contributed by atoms with Crippen LogP contribution in [0.4, 0.5) is 10.5 Å². The van der Waals surface area contributed by atoms with Crippen molar-refractivity contribution in [3.05, 3.63) is 54.1 Å². The van der Waals surface area contributed by atoms with Gasteiger partial charge in [-0.2, -0.15) is 0 Å². The monoisotopic (exact) mass is 356 g/mol. The lowest BCUT2D eigenvalue weighted by Gasteiger charge is -2.13. The minimum absolute atomic E-state index is 0.231. The van der Waals surface area contributed by atoms with Crippen LogP contribution >= 0.6 is 0 Å². The Morgan fingerprint density at radius 2 is 1.88 bits per heavy atom. The minimum Gasteiger partial charge on any atom is -0.497 e. The van der Waals surface area contributed by atoms with Crippen LogP contribution < -0.4 is 19.7 Å². The van der Waals surface area contributed by atoms with Gasteiger partial charge in [0.05, 0.1) is 27.3 Å². The number of carbonyl (C=O) groups excluding carboxylic acids is 2. The van der Waals surface area contributed by atoms with E-state index in [0.29, 0.717) is 23.6 Å². The minimum atomic E-state index is -0.434. The zero-order valence-corrected chi connectivity index (χ0v) is 14.6. The van der Waals surface area contributed by atoms with Crippen LogP contribution in [0.5, 0.6) is 11.5 Å². The number of benzene rings is 2. The Balaban J connectivity index is 1.57. The predicted molar refractivity (Wildman–Crippen MR) is 95.9 cm³/mol. The van der Waals surface area contributed by atoms with Gasteiger partial charge in [0.15, 0.2) is 0 Å². The van der Waals surface area contributed by atoms with Crippen molar-refractivity contribution >= 4 is 17.7 Å². The largest absolute Gasteiger partial charge is 0.497 e. The summed E-state index contributed by atoms with van der Waals surface area (Å²) in [6.45, 7) is 0.595. The van der Waals surface area contributed by atoms with E-state index in [1.807, 2.05) is 0 Å². The summed E-state index contributed by atoms with van der Waals surface area (Å²) in [6, 6.07) is 14.0. The highest BCUT2D eigenvalue weighted by atomic mass is 16.6. The third-order valence-corrected chi connectivity index (χ3v) is 4.08. The molecule has 26 heavy (non-hydrogen) atoms. The molecule has 0 aromatic heterocycles. The number of nitrogens with one attached hydrogen (secondary N) is 1. The van der Waals surface area contributed by atoms with Crippen molar-refractivity contribution in [3.63, 3.8) is 0 Å². The predicted octanol–water partition coefficient (Wildman–Crippen LogP) is 2.46. The van der Waals surface area contributed by atoms with Crippen molar-refractivity contribution in [2.75, 3.05) is 32.2 Å². The van der Waals surface area contributed by atoms with Crippen molar-refractivity contribution < 1.29 is 23.8 Å². The maximum atomic E-state index is 12.2. The molecule has 1 saturated heterocycles. The molecule has 136 valence electrons. The first-order valence-electron chi connectivity index (χ1n) is 8.15.